The standard InChI is InChI=1S/C17H28N2O2/c1-17(2,3)13-14(18)12-16(20)19-10-7-11-21-15-8-5-4-6-9-15/h4-6,8-9,14H,7,10-13,18H2,1-3H3,(H,19,20). The summed E-state index contributed by atoms with van der Waals surface area (Å²) in [6.07, 6.45) is 2.02. The molecule has 1 amide bonds. The van der Waals surface area contributed by atoms with Crippen LogP contribution in [0.25, 0.3) is 0 Å². The fourth-order valence-electron chi connectivity index (χ4n) is 2.18. The first-order valence-corrected chi connectivity index (χ1v) is 7.57. The SMILES string of the molecule is CC(C)(C)CC(N)CC(=O)NCCCOc1ccccc1. The highest BCUT2D eigenvalue weighted by molar-refractivity contribution is 5.76. The Morgan fingerprint density at radius 2 is 1.95 bits per heavy atom. The minimum atomic E-state index is -0.0782. The van der Waals surface area contributed by atoms with Crippen LogP contribution in [-0.4, -0.2) is 25.1 Å². The second-order valence-electron chi connectivity index (χ2n) is 6.59. The summed E-state index contributed by atoms with van der Waals surface area (Å²) in [6, 6.07) is 9.59. The molecule has 0 aliphatic heterocycles. The van der Waals surface area contributed by atoms with Crippen LogP contribution in [0, 0.1) is 5.41 Å². The van der Waals surface area contributed by atoms with Gasteiger partial charge in [0.05, 0.1) is 6.61 Å². The Hall–Kier alpha value is -1.55. The molecule has 1 atom stereocenters. The second kappa shape index (κ2) is 8.67. The lowest BCUT2D eigenvalue weighted by Crippen LogP contribution is -2.34. The van der Waals surface area contributed by atoms with E-state index in [9.17, 15) is 4.79 Å². The Morgan fingerprint density at radius 3 is 2.57 bits per heavy atom. The first kappa shape index (κ1) is 17.5. The zero-order chi connectivity index (χ0) is 15.7. The molecule has 1 unspecified atom stereocenters. The molecule has 0 fully saturated rings. The molecule has 1 rings (SSSR count). The molecule has 0 aliphatic carbocycles. The molecule has 3 N–H and O–H groups in total. The highest BCUT2D eigenvalue weighted by Gasteiger charge is 2.17. The number of hydrogen-bond donors (Lipinski definition) is 2. The van der Waals surface area contributed by atoms with Crippen LogP contribution in [0.15, 0.2) is 30.3 Å². The Labute approximate surface area is 128 Å². The molecule has 0 bridgehead atoms. The van der Waals surface area contributed by atoms with Crippen LogP contribution in [0.2, 0.25) is 0 Å². The van der Waals surface area contributed by atoms with Crippen molar-refractivity contribution in [3.05, 3.63) is 30.3 Å². The van der Waals surface area contributed by atoms with E-state index >= 15 is 0 Å². The molecule has 1 aromatic rings. The summed E-state index contributed by atoms with van der Waals surface area (Å²) in [5, 5.41) is 2.89. The van der Waals surface area contributed by atoms with Crippen molar-refractivity contribution in [3.63, 3.8) is 0 Å². The largest absolute Gasteiger partial charge is 0.494 e. The Balaban J connectivity index is 2.08. The number of rotatable bonds is 8. The number of ether oxygens (including phenoxy) is 1. The third kappa shape index (κ3) is 9.08. The van der Waals surface area contributed by atoms with Crippen molar-refractivity contribution < 1.29 is 9.53 Å². The molecule has 0 aromatic heterocycles. The van der Waals surface area contributed by atoms with E-state index in [1.54, 1.807) is 0 Å². The molecule has 4 heteroatoms. The highest BCUT2D eigenvalue weighted by atomic mass is 16.5. The topological polar surface area (TPSA) is 64.4 Å². The van der Waals surface area contributed by atoms with E-state index in [0.29, 0.717) is 19.6 Å². The maximum atomic E-state index is 11.7. The van der Waals surface area contributed by atoms with Crippen LogP contribution < -0.4 is 15.8 Å². The Bertz CT molecular complexity index is 413. The van der Waals surface area contributed by atoms with Gasteiger partial charge in [0.25, 0.3) is 0 Å². The smallest absolute Gasteiger partial charge is 0.221 e. The predicted molar refractivity (Wildman–Crippen MR) is 86.2 cm³/mol. The molecule has 0 aliphatic rings. The van der Waals surface area contributed by atoms with E-state index in [1.807, 2.05) is 30.3 Å². The van der Waals surface area contributed by atoms with Gasteiger partial charge in [0.15, 0.2) is 0 Å². The summed E-state index contributed by atoms with van der Waals surface area (Å²) in [5.41, 5.74) is 6.14. The van der Waals surface area contributed by atoms with Gasteiger partial charge in [-0.3, -0.25) is 4.79 Å². The fourth-order valence-corrected chi connectivity index (χ4v) is 2.18. The van der Waals surface area contributed by atoms with Gasteiger partial charge in [-0.1, -0.05) is 39.0 Å². The Kier molecular flexibility index (Phi) is 7.23. The maximum Gasteiger partial charge on any atom is 0.221 e. The molecule has 0 radical (unpaired) electrons. The number of hydrogen-bond acceptors (Lipinski definition) is 3. The summed E-state index contributed by atoms with van der Waals surface area (Å²) in [7, 11) is 0. The van der Waals surface area contributed by atoms with Gasteiger partial charge in [0.1, 0.15) is 5.75 Å². The number of nitrogens with one attached hydrogen (secondary N) is 1. The summed E-state index contributed by atoms with van der Waals surface area (Å²) in [5.74, 6) is 0.877. The molecule has 0 saturated carbocycles. The number of amides is 1. The molecule has 118 valence electrons. The van der Waals surface area contributed by atoms with E-state index < -0.39 is 0 Å². The first-order chi connectivity index (χ1) is 9.87. The van der Waals surface area contributed by atoms with E-state index in [-0.39, 0.29) is 17.4 Å². The molecular formula is C17H28N2O2. The third-order valence-electron chi connectivity index (χ3n) is 2.98. The van der Waals surface area contributed by atoms with Crippen LogP contribution >= 0.6 is 0 Å². The Morgan fingerprint density at radius 1 is 1.29 bits per heavy atom. The molecule has 0 spiro atoms. The lowest BCUT2D eigenvalue weighted by molar-refractivity contribution is -0.121. The molecule has 0 heterocycles. The maximum absolute atomic E-state index is 11.7. The average molecular weight is 292 g/mol. The van der Waals surface area contributed by atoms with Crippen LogP contribution in [0.5, 0.6) is 5.75 Å². The molecule has 0 saturated heterocycles. The van der Waals surface area contributed by atoms with E-state index in [0.717, 1.165) is 18.6 Å². The number of carbonyl (C=O) groups excluding carboxylic acids is 1. The number of para-hydroxylation sites is 1. The van der Waals surface area contributed by atoms with Crippen molar-refractivity contribution >= 4 is 5.91 Å². The van der Waals surface area contributed by atoms with Gasteiger partial charge < -0.3 is 15.8 Å². The van der Waals surface area contributed by atoms with Gasteiger partial charge in [0, 0.05) is 19.0 Å². The van der Waals surface area contributed by atoms with E-state index in [2.05, 4.69) is 26.1 Å². The van der Waals surface area contributed by atoms with Gasteiger partial charge in [-0.25, -0.2) is 0 Å². The van der Waals surface area contributed by atoms with Gasteiger partial charge in [-0.05, 0) is 30.4 Å². The lowest BCUT2D eigenvalue weighted by Gasteiger charge is -2.22. The van der Waals surface area contributed by atoms with Crippen molar-refractivity contribution in [1.29, 1.82) is 0 Å². The van der Waals surface area contributed by atoms with Crippen molar-refractivity contribution in [3.8, 4) is 5.75 Å². The lowest BCUT2D eigenvalue weighted by atomic mass is 9.87. The van der Waals surface area contributed by atoms with Gasteiger partial charge in [-0.15, -0.1) is 0 Å². The van der Waals surface area contributed by atoms with Crippen LogP contribution in [0.1, 0.15) is 40.0 Å². The van der Waals surface area contributed by atoms with E-state index in [1.165, 1.54) is 0 Å². The summed E-state index contributed by atoms with van der Waals surface area (Å²) < 4.78 is 5.56. The summed E-state index contributed by atoms with van der Waals surface area (Å²) >= 11 is 0. The van der Waals surface area contributed by atoms with Gasteiger partial charge in [-0.2, -0.15) is 0 Å². The van der Waals surface area contributed by atoms with Crippen molar-refractivity contribution in [2.75, 3.05) is 13.2 Å². The average Bonchev–Trinajstić information content (AvgIpc) is 2.37. The fraction of sp³-hybridized carbons (Fsp3) is 0.588. The first-order valence-electron chi connectivity index (χ1n) is 7.57. The van der Waals surface area contributed by atoms with Crippen LogP contribution in [0.4, 0.5) is 0 Å². The zero-order valence-electron chi connectivity index (χ0n) is 13.4. The van der Waals surface area contributed by atoms with Crippen molar-refractivity contribution in [2.45, 2.75) is 46.1 Å². The van der Waals surface area contributed by atoms with Gasteiger partial charge >= 0.3 is 0 Å². The summed E-state index contributed by atoms with van der Waals surface area (Å²) in [4.78, 5) is 11.7. The van der Waals surface area contributed by atoms with Crippen LogP contribution in [0.3, 0.4) is 0 Å². The van der Waals surface area contributed by atoms with Crippen LogP contribution in [-0.2, 0) is 4.79 Å². The summed E-state index contributed by atoms with van der Waals surface area (Å²) in [6.45, 7) is 7.61. The quantitative estimate of drug-likeness (QED) is 0.724. The van der Waals surface area contributed by atoms with E-state index in [4.69, 9.17) is 10.5 Å². The minimum Gasteiger partial charge on any atom is -0.494 e. The number of benzene rings is 1. The molecular weight excluding hydrogens is 264 g/mol. The number of nitrogens with two attached hydrogens (primary N) is 1. The number of carbonyl (C=O) groups is 1. The zero-order valence-corrected chi connectivity index (χ0v) is 13.4. The minimum absolute atomic E-state index is 0.0199. The molecule has 21 heavy (non-hydrogen) atoms. The van der Waals surface area contributed by atoms with Crippen molar-refractivity contribution in [2.24, 2.45) is 11.1 Å². The second-order valence-corrected chi connectivity index (χ2v) is 6.59. The van der Waals surface area contributed by atoms with Gasteiger partial charge in [0.2, 0.25) is 5.91 Å². The molecule has 4 nitrogen and oxygen atoms in total. The normalized spacial score (nSPS) is 12.8. The van der Waals surface area contributed by atoms with Crippen molar-refractivity contribution in [1.82, 2.24) is 5.32 Å². The molecule has 1 aromatic carbocycles. The monoisotopic (exact) mass is 292 g/mol. The third-order valence-corrected chi connectivity index (χ3v) is 2.98. The predicted octanol–water partition coefficient (Wildman–Crippen LogP) is 2.73. The highest BCUT2D eigenvalue weighted by Crippen LogP contribution is 2.20.